The molecule has 1 aromatic rings. The van der Waals surface area contributed by atoms with Crippen molar-refractivity contribution in [3.63, 3.8) is 0 Å². The second-order valence-corrected chi connectivity index (χ2v) is 7.16. The zero-order chi connectivity index (χ0) is 17.8. The van der Waals surface area contributed by atoms with Crippen LogP contribution in [0.2, 0.25) is 0 Å². The van der Waals surface area contributed by atoms with E-state index in [1.165, 1.54) is 12.8 Å². The van der Waals surface area contributed by atoms with Gasteiger partial charge in [0.2, 0.25) is 5.91 Å². The number of hydrogen-bond donors (Lipinski definition) is 0. The molecule has 2 aliphatic rings. The van der Waals surface area contributed by atoms with Crippen molar-refractivity contribution in [1.29, 1.82) is 0 Å². The first kappa shape index (κ1) is 18.1. The molecule has 0 spiro atoms. The van der Waals surface area contributed by atoms with E-state index in [1.807, 2.05) is 18.2 Å². The fraction of sp³-hybridized carbons (Fsp3) is 0.650. The van der Waals surface area contributed by atoms with E-state index >= 15 is 0 Å². The molecule has 1 amide bonds. The number of likely N-dealkylation sites (N-methyl/N-ethyl adjacent to an activating group) is 1. The maximum Gasteiger partial charge on any atom is 0.223 e. The highest BCUT2D eigenvalue weighted by Gasteiger charge is 2.38. The molecule has 0 bridgehead atoms. The van der Waals surface area contributed by atoms with Crippen LogP contribution < -0.4 is 9.47 Å². The number of likely N-dealkylation sites (tertiary alicyclic amines) is 2. The average Bonchev–Trinajstić information content (AvgIpc) is 3.27. The highest BCUT2D eigenvalue weighted by molar-refractivity contribution is 5.77. The van der Waals surface area contributed by atoms with Crippen molar-refractivity contribution in [2.24, 2.45) is 0 Å². The van der Waals surface area contributed by atoms with E-state index in [0.29, 0.717) is 24.9 Å². The van der Waals surface area contributed by atoms with E-state index in [-0.39, 0.29) is 5.91 Å². The molecule has 2 atom stereocenters. The van der Waals surface area contributed by atoms with Gasteiger partial charge in [-0.15, -0.1) is 0 Å². The summed E-state index contributed by atoms with van der Waals surface area (Å²) in [6.07, 6.45) is 5.95. The van der Waals surface area contributed by atoms with Crippen LogP contribution in [0.5, 0.6) is 11.5 Å². The quantitative estimate of drug-likeness (QED) is 0.794. The molecule has 2 fully saturated rings. The van der Waals surface area contributed by atoms with E-state index in [2.05, 4.69) is 16.8 Å². The lowest BCUT2D eigenvalue weighted by atomic mass is 10.0. The van der Waals surface area contributed by atoms with Crippen LogP contribution in [0, 0.1) is 0 Å². The summed E-state index contributed by atoms with van der Waals surface area (Å²) in [7, 11) is 5.52. The zero-order valence-corrected chi connectivity index (χ0v) is 15.7. The summed E-state index contributed by atoms with van der Waals surface area (Å²) in [6.45, 7) is 2.06. The largest absolute Gasteiger partial charge is 0.497 e. The van der Waals surface area contributed by atoms with Gasteiger partial charge in [0, 0.05) is 25.0 Å². The molecule has 2 unspecified atom stereocenters. The number of rotatable bonds is 6. The van der Waals surface area contributed by atoms with Gasteiger partial charge in [0.25, 0.3) is 0 Å². The van der Waals surface area contributed by atoms with Crippen molar-refractivity contribution in [2.75, 3.05) is 34.4 Å². The first-order valence-electron chi connectivity index (χ1n) is 9.34. The Hall–Kier alpha value is -1.75. The highest BCUT2D eigenvalue weighted by atomic mass is 16.5. The van der Waals surface area contributed by atoms with Crippen LogP contribution in [0.4, 0.5) is 0 Å². The number of carbonyl (C=O) groups excluding carboxylic acids is 1. The molecule has 3 rings (SSSR count). The summed E-state index contributed by atoms with van der Waals surface area (Å²) < 4.78 is 10.7. The van der Waals surface area contributed by atoms with Crippen molar-refractivity contribution in [3.05, 3.63) is 23.8 Å². The summed E-state index contributed by atoms with van der Waals surface area (Å²) >= 11 is 0. The van der Waals surface area contributed by atoms with Crippen LogP contribution in [0.1, 0.15) is 37.7 Å². The number of aryl methyl sites for hydroxylation is 1. The van der Waals surface area contributed by atoms with E-state index in [0.717, 1.165) is 43.0 Å². The Bertz CT molecular complexity index is 605. The fourth-order valence-corrected chi connectivity index (χ4v) is 4.39. The monoisotopic (exact) mass is 346 g/mol. The van der Waals surface area contributed by atoms with Crippen molar-refractivity contribution in [2.45, 2.75) is 50.6 Å². The van der Waals surface area contributed by atoms with Crippen molar-refractivity contribution in [3.8, 4) is 11.5 Å². The third-order valence-electron chi connectivity index (χ3n) is 5.74. The predicted molar refractivity (Wildman–Crippen MR) is 98.3 cm³/mol. The SMILES string of the molecule is COc1ccc(OC)c(CCC(=O)N2CCCC2C2CCCN2C)c1. The van der Waals surface area contributed by atoms with Gasteiger partial charge in [0.15, 0.2) is 0 Å². The van der Waals surface area contributed by atoms with Gasteiger partial charge in [-0.3, -0.25) is 4.79 Å². The van der Waals surface area contributed by atoms with E-state index < -0.39 is 0 Å². The third-order valence-corrected chi connectivity index (χ3v) is 5.74. The molecule has 25 heavy (non-hydrogen) atoms. The molecule has 0 radical (unpaired) electrons. The summed E-state index contributed by atoms with van der Waals surface area (Å²) in [5, 5.41) is 0. The number of methoxy groups -OCH3 is 2. The maximum atomic E-state index is 12.9. The number of hydrogen-bond acceptors (Lipinski definition) is 4. The number of nitrogens with zero attached hydrogens (tertiary/aromatic N) is 2. The van der Waals surface area contributed by atoms with Gasteiger partial charge < -0.3 is 19.3 Å². The molecule has 2 aliphatic heterocycles. The van der Waals surface area contributed by atoms with Crippen LogP contribution in [0.3, 0.4) is 0 Å². The second-order valence-electron chi connectivity index (χ2n) is 7.16. The molecule has 5 heteroatoms. The summed E-state index contributed by atoms with van der Waals surface area (Å²) in [5.74, 6) is 1.89. The number of carbonyl (C=O) groups is 1. The second kappa shape index (κ2) is 8.09. The molecule has 5 nitrogen and oxygen atoms in total. The van der Waals surface area contributed by atoms with Crippen LogP contribution in [-0.2, 0) is 11.2 Å². The first-order chi connectivity index (χ1) is 12.1. The average molecular weight is 346 g/mol. The lowest BCUT2D eigenvalue weighted by Gasteiger charge is -2.33. The minimum absolute atomic E-state index is 0.271. The minimum atomic E-state index is 0.271. The lowest BCUT2D eigenvalue weighted by molar-refractivity contribution is -0.132. The molecular weight excluding hydrogens is 316 g/mol. The summed E-state index contributed by atoms with van der Waals surface area (Å²) in [5.41, 5.74) is 1.03. The van der Waals surface area contributed by atoms with E-state index in [4.69, 9.17) is 9.47 Å². The summed E-state index contributed by atoms with van der Waals surface area (Å²) in [4.78, 5) is 17.5. The number of ether oxygens (including phenoxy) is 2. The Balaban J connectivity index is 1.64. The normalized spacial score (nSPS) is 23.9. The molecular formula is C20H30N2O3. The van der Waals surface area contributed by atoms with Crippen molar-refractivity contribution < 1.29 is 14.3 Å². The van der Waals surface area contributed by atoms with E-state index in [1.54, 1.807) is 14.2 Å². The molecule has 2 heterocycles. The molecule has 2 saturated heterocycles. The number of benzene rings is 1. The lowest BCUT2D eigenvalue weighted by Crippen LogP contribution is -2.47. The van der Waals surface area contributed by atoms with Gasteiger partial charge in [-0.05, 0) is 69.5 Å². The smallest absolute Gasteiger partial charge is 0.223 e. The Labute approximate surface area is 150 Å². The van der Waals surface area contributed by atoms with E-state index in [9.17, 15) is 4.79 Å². The van der Waals surface area contributed by atoms with Crippen LogP contribution >= 0.6 is 0 Å². The fourth-order valence-electron chi connectivity index (χ4n) is 4.39. The van der Waals surface area contributed by atoms with Gasteiger partial charge in [0.1, 0.15) is 11.5 Å². The highest BCUT2D eigenvalue weighted by Crippen LogP contribution is 2.30. The zero-order valence-electron chi connectivity index (χ0n) is 15.7. The van der Waals surface area contributed by atoms with Crippen molar-refractivity contribution in [1.82, 2.24) is 9.80 Å². The molecule has 0 N–H and O–H groups in total. The third kappa shape index (κ3) is 3.92. The minimum Gasteiger partial charge on any atom is -0.497 e. The van der Waals surface area contributed by atoms with Crippen molar-refractivity contribution >= 4 is 5.91 Å². The van der Waals surface area contributed by atoms with Gasteiger partial charge in [-0.1, -0.05) is 0 Å². The predicted octanol–water partition coefficient (Wildman–Crippen LogP) is 2.72. The number of amides is 1. The topological polar surface area (TPSA) is 42.0 Å². The first-order valence-corrected chi connectivity index (χ1v) is 9.34. The molecule has 138 valence electrons. The molecule has 0 saturated carbocycles. The van der Waals surface area contributed by atoms with Crippen LogP contribution in [-0.4, -0.2) is 62.1 Å². The Morgan fingerprint density at radius 3 is 2.56 bits per heavy atom. The Morgan fingerprint density at radius 1 is 1.12 bits per heavy atom. The van der Waals surface area contributed by atoms with Crippen LogP contribution in [0.15, 0.2) is 18.2 Å². The molecule has 0 aromatic heterocycles. The molecule has 0 aliphatic carbocycles. The van der Waals surface area contributed by atoms with Gasteiger partial charge >= 0.3 is 0 Å². The van der Waals surface area contributed by atoms with Gasteiger partial charge in [-0.2, -0.15) is 0 Å². The van der Waals surface area contributed by atoms with Gasteiger partial charge in [-0.25, -0.2) is 0 Å². The standard InChI is InChI=1S/C20H30N2O3/c1-21-12-4-6-17(21)18-7-5-13-22(18)20(23)11-8-15-14-16(24-2)9-10-19(15)25-3/h9-10,14,17-18H,4-8,11-13H2,1-3H3. The maximum absolute atomic E-state index is 12.9. The van der Waals surface area contributed by atoms with Gasteiger partial charge in [0.05, 0.1) is 14.2 Å². The molecule has 1 aromatic carbocycles. The summed E-state index contributed by atoms with van der Waals surface area (Å²) in [6, 6.07) is 6.70. The van der Waals surface area contributed by atoms with Crippen LogP contribution in [0.25, 0.3) is 0 Å². The Kier molecular flexibility index (Phi) is 5.84. The Morgan fingerprint density at radius 2 is 1.88 bits per heavy atom.